The molecule has 0 radical (unpaired) electrons. The Morgan fingerprint density at radius 2 is 1.65 bits per heavy atom. The molecule has 0 bridgehead atoms. The van der Waals surface area contributed by atoms with Crippen molar-refractivity contribution < 1.29 is 4.74 Å². The second kappa shape index (κ2) is 5.57. The summed E-state index contributed by atoms with van der Waals surface area (Å²) in [4.78, 5) is 0. The molecule has 1 aromatic heterocycles. The first-order valence-electron chi connectivity index (χ1n) is 7.40. The van der Waals surface area contributed by atoms with Gasteiger partial charge in [-0.25, -0.2) is 4.68 Å². The van der Waals surface area contributed by atoms with Gasteiger partial charge in [0.15, 0.2) is 0 Å². The summed E-state index contributed by atoms with van der Waals surface area (Å²) in [6.45, 7) is 0. The summed E-state index contributed by atoms with van der Waals surface area (Å²) >= 11 is 0. The van der Waals surface area contributed by atoms with Crippen LogP contribution in [0.15, 0.2) is 72.9 Å². The maximum absolute atomic E-state index is 5.19. The van der Waals surface area contributed by atoms with Gasteiger partial charge in [-0.15, -0.1) is 5.10 Å². The molecule has 0 N–H and O–H groups in total. The zero-order valence-corrected chi connectivity index (χ0v) is 12.7. The molecule has 3 aromatic carbocycles. The van der Waals surface area contributed by atoms with Crippen LogP contribution in [-0.2, 0) is 0 Å². The van der Waals surface area contributed by atoms with Gasteiger partial charge >= 0.3 is 0 Å². The molecule has 0 aliphatic heterocycles. The van der Waals surface area contributed by atoms with Gasteiger partial charge in [0.25, 0.3) is 0 Å². The average molecular weight is 301 g/mol. The van der Waals surface area contributed by atoms with Crippen molar-refractivity contribution in [1.82, 2.24) is 15.0 Å². The van der Waals surface area contributed by atoms with E-state index in [1.807, 2.05) is 53.3 Å². The minimum atomic E-state index is 0.829. The molecule has 0 spiro atoms. The van der Waals surface area contributed by atoms with Gasteiger partial charge in [-0.1, -0.05) is 41.6 Å². The maximum Gasteiger partial charge on any atom is 0.118 e. The summed E-state index contributed by atoms with van der Waals surface area (Å²) in [5.74, 6) is 0.829. The van der Waals surface area contributed by atoms with Crippen LogP contribution in [0.2, 0.25) is 0 Å². The molecule has 4 rings (SSSR count). The van der Waals surface area contributed by atoms with Crippen molar-refractivity contribution in [3.8, 4) is 22.7 Å². The van der Waals surface area contributed by atoms with Crippen LogP contribution in [0, 0.1) is 0 Å². The molecule has 112 valence electrons. The maximum atomic E-state index is 5.19. The molecule has 0 saturated heterocycles. The molecule has 23 heavy (non-hydrogen) atoms. The fraction of sp³-hybridized carbons (Fsp3) is 0.0526. The van der Waals surface area contributed by atoms with Crippen molar-refractivity contribution in [2.24, 2.45) is 0 Å². The summed E-state index contributed by atoms with van der Waals surface area (Å²) in [6.07, 6.45) is 1.95. The molecule has 0 aliphatic rings. The van der Waals surface area contributed by atoms with Crippen molar-refractivity contribution >= 4 is 10.8 Å². The van der Waals surface area contributed by atoms with Crippen LogP contribution in [0.4, 0.5) is 0 Å². The molecule has 4 heteroatoms. The van der Waals surface area contributed by atoms with Crippen LogP contribution in [0.3, 0.4) is 0 Å². The predicted octanol–water partition coefficient (Wildman–Crippen LogP) is 4.10. The number of ether oxygens (including phenoxy) is 1. The molecular weight excluding hydrogens is 286 g/mol. The van der Waals surface area contributed by atoms with Crippen LogP contribution in [0.5, 0.6) is 5.75 Å². The van der Waals surface area contributed by atoms with Gasteiger partial charge in [-0.05, 0) is 35.7 Å². The smallest absolute Gasteiger partial charge is 0.118 e. The van der Waals surface area contributed by atoms with E-state index in [1.165, 1.54) is 5.39 Å². The highest BCUT2D eigenvalue weighted by Crippen LogP contribution is 2.24. The van der Waals surface area contributed by atoms with E-state index < -0.39 is 0 Å². The highest BCUT2D eigenvalue weighted by molar-refractivity contribution is 5.90. The molecular formula is C19H15N3O. The minimum absolute atomic E-state index is 0.829. The van der Waals surface area contributed by atoms with Gasteiger partial charge in [0.2, 0.25) is 0 Å². The van der Waals surface area contributed by atoms with E-state index in [-0.39, 0.29) is 0 Å². The van der Waals surface area contributed by atoms with Gasteiger partial charge in [0, 0.05) is 10.9 Å². The van der Waals surface area contributed by atoms with Gasteiger partial charge in [0.1, 0.15) is 11.4 Å². The molecule has 0 aliphatic carbocycles. The molecule has 0 atom stereocenters. The highest BCUT2D eigenvalue weighted by Gasteiger charge is 2.08. The van der Waals surface area contributed by atoms with E-state index in [9.17, 15) is 0 Å². The van der Waals surface area contributed by atoms with E-state index in [1.54, 1.807) is 7.11 Å². The van der Waals surface area contributed by atoms with E-state index in [4.69, 9.17) is 4.74 Å². The normalized spacial score (nSPS) is 10.8. The number of hydrogen-bond acceptors (Lipinski definition) is 3. The monoisotopic (exact) mass is 301 g/mol. The summed E-state index contributed by atoms with van der Waals surface area (Å²) in [5.41, 5.74) is 2.87. The number of benzene rings is 3. The fourth-order valence-corrected chi connectivity index (χ4v) is 2.68. The van der Waals surface area contributed by atoms with Crippen molar-refractivity contribution in [3.63, 3.8) is 0 Å². The number of methoxy groups -OCH3 is 1. The second-order valence-electron chi connectivity index (χ2n) is 5.28. The molecule has 0 fully saturated rings. The van der Waals surface area contributed by atoms with Crippen LogP contribution >= 0.6 is 0 Å². The van der Waals surface area contributed by atoms with E-state index in [2.05, 4.69) is 34.6 Å². The number of nitrogens with zero attached hydrogens (tertiary/aromatic N) is 3. The van der Waals surface area contributed by atoms with Crippen LogP contribution in [-0.4, -0.2) is 22.1 Å². The lowest BCUT2D eigenvalue weighted by atomic mass is 10.1. The van der Waals surface area contributed by atoms with Crippen molar-refractivity contribution in [1.29, 1.82) is 0 Å². The quantitative estimate of drug-likeness (QED) is 0.572. The van der Waals surface area contributed by atoms with Crippen molar-refractivity contribution in [3.05, 3.63) is 72.9 Å². The van der Waals surface area contributed by atoms with Crippen molar-refractivity contribution in [2.75, 3.05) is 7.11 Å². The van der Waals surface area contributed by atoms with E-state index >= 15 is 0 Å². The minimum Gasteiger partial charge on any atom is -0.497 e. The standard InChI is InChI=1S/C19H15N3O/c1-23-16-11-9-15(10-12-16)18-13-22(21-20-18)19-8-4-6-14-5-2-3-7-17(14)19/h2-13H,1H3. The Kier molecular flexibility index (Phi) is 3.27. The zero-order chi connectivity index (χ0) is 15.6. The Morgan fingerprint density at radius 3 is 2.48 bits per heavy atom. The Balaban J connectivity index is 1.77. The highest BCUT2D eigenvalue weighted by atomic mass is 16.5. The molecule has 4 nitrogen and oxygen atoms in total. The van der Waals surface area contributed by atoms with Gasteiger partial charge < -0.3 is 4.74 Å². The third-order valence-electron chi connectivity index (χ3n) is 3.89. The molecule has 0 saturated carbocycles. The van der Waals surface area contributed by atoms with Gasteiger partial charge in [-0.2, -0.15) is 0 Å². The molecule has 1 heterocycles. The molecule has 4 aromatic rings. The Hall–Kier alpha value is -3.14. The fourth-order valence-electron chi connectivity index (χ4n) is 2.68. The summed E-state index contributed by atoms with van der Waals surface area (Å²) in [5, 5.41) is 10.9. The number of hydrogen-bond donors (Lipinski definition) is 0. The zero-order valence-electron chi connectivity index (χ0n) is 12.7. The topological polar surface area (TPSA) is 39.9 Å². The Bertz CT molecular complexity index is 952. The third-order valence-corrected chi connectivity index (χ3v) is 3.89. The predicted molar refractivity (Wildman–Crippen MR) is 90.9 cm³/mol. The average Bonchev–Trinajstić information content (AvgIpc) is 3.11. The van der Waals surface area contributed by atoms with Crippen LogP contribution in [0.1, 0.15) is 0 Å². The van der Waals surface area contributed by atoms with Crippen LogP contribution in [0.25, 0.3) is 27.7 Å². The van der Waals surface area contributed by atoms with Gasteiger partial charge in [0.05, 0.1) is 19.0 Å². The van der Waals surface area contributed by atoms with Crippen molar-refractivity contribution in [2.45, 2.75) is 0 Å². The summed E-state index contributed by atoms with van der Waals surface area (Å²) < 4.78 is 7.01. The lowest BCUT2D eigenvalue weighted by Crippen LogP contribution is -1.95. The first kappa shape index (κ1) is 13.5. The van der Waals surface area contributed by atoms with E-state index in [0.29, 0.717) is 0 Å². The molecule has 0 amide bonds. The number of rotatable bonds is 3. The van der Waals surface area contributed by atoms with Crippen LogP contribution < -0.4 is 4.74 Å². The Labute approximate surface area is 134 Å². The van der Waals surface area contributed by atoms with E-state index in [0.717, 1.165) is 28.1 Å². The summed E-state index contributed by atoms with van der Waals surface area (Å²) in [6, 6.07) is 22.3. The van der Waals surface area contributed by atoms with Gasteiger partial charge in [-0.3, -0.25) is 0 Å². The largest absolute Gasteiger partial charge is 0.497 e. The SMILES string of the molecule is COc1ccc(-c2cn(-c3cccc4ccccc34)nn2)cc1. The lowest BCUT2D eigenvalue weighted by Gasteiger charge is -2.05. The third kappa shape index (κ3) is 2.44. The lowest BCUT2D eigenvalue weighted by molar-refractivity contribution is 0.415. The second-order valence-corrected chi connectivity index (χ2v) is 5.28. The first-order valence-corrected chi connectivity index (χ1v) is 7.40. The Morgan fingerprint density at radius 1 is 0.870 bits per heavy atom. The number of aromatic nitrogens is 3. The first-order chi connectivity index (χ1) is 11.3. The number of fused-ring (bicyclic) bond motifs is 1. The summed E-state index contributed by atoms with van der Waals surface area (Å²) in [7, 11) is 1.66. The molecule has 0 unspecified atom stereocenters.